The molecule has 1 aromatic carbocycles. The molecule has 2 unspecified atom stereocenters. The van der Waals surface area contributed by atoms with Crippen LogP contribution in [0.1, 0.15) is 36.5 Å². The van der Waals surface area contributed by atoms with Crippen molar-refractivity contribution in [1.82, 2.24) is 5.32 Å². The van der Waals surface area contributed by atoms with Crippen LogP contribution in [0.25, 0.3) is 0 Å². The minimum Gasteiger partial charge on any atom is -0.496 e. The summed E-state index contributed by atoms with van der Waals surface area (Å²) in [6, 6.07) is 7.20. The molecule has 0 aliphatic heterocycles. The molecule has 19 heavy (non-hydrogen) atoms. The maximum atomic E-state index is 12.3. The third kappa shape index (κ3) is 2.73. The first-order valence-electron chi connectivity index (χ1n) is 6.65. The average Bonchev–Trinajstić information content (AvgIpc) is 2.80. The Morgan fingerprint density at radius 1 is 1.53 bits per heavy atom. The molecule has 0 bridgehead atoms. The zero-order valence-corrected chi connectivity index (χ0v) is 11.5. The number of methoxy groups -OCH3 is 1. The molecule has 0 saturated heterocycles. The summed E-state index contributed by atoms with van der Waals surface area (Å²) in [5.74, 6) is 0.438. The summed E-state index contributed by atoms with van der Waals surface area (Å²) in [6.45, 7) is 2.12. The molecule has 2 N–H and O–H groups in total. The van der Waals surface area contributed by atoms with Crippen molar-refractivity contribution in [1.29, 1.82) is 0 Å². The Morgan fingerprint density at radius 3 is 2.95 bits per heavy atom. The number of hydrogen-bond acceptors (Lipinski definition) is 3. The average molecular weight is 263 g/mol. The van der Waals surface area contributed by atoms with E-state index in [-0.39, 0.29) is 24.0 Å². The Morgan fingerprint density at radius 2 is 2.26 bits per heavy atom. The number of rotatable bonds is 4. The van der Waals surface area contributed by atoms with Crippen molar-refractivity contribution >= 4 is 5.91 Å². The minimum atomic E-state index is -0.211. The summed E-state index contributed by atoms with van der Waals surface area (Å²) >= 11 is 0. The molecule has 1 saturated carbocycles. The fourth-order valence-corrected chi connectivity index (χ4v) is 2.74. The van der Waals surface area contributed by atoms with Crippen LogP contribution in [0.4, 0.5) is 0 Å². The number of para-hydroxylation sites is 1. The molecule has 0 aromatic heterocycles. The van der Waals surface area contributed by atoms with Crippen LogP contribution in [0.5, 0.6) is 5.75 Å². The SMILES string of the molecule is COc1ccccc1C(=O)NC1CCCC1(C)CO. The van der Waals surface area contributed by atoms with E-state index >= 15 is 0 Å². The number of hydrogen-bond donors (Lipinski definition) is 2. The zero-order chi connectivity index (χ0) is 13.9. The number of carbonyl (C=O) groups excluding carboxylic acids is 1. The molecule has 1 fully saturated rings. The monoisotopic (exact) mass is 263 g/mol. The Bertz CT molecular complexity index is 460. The summed E-state index contributed by atoms with van der Waals surface area (Å²) in [6.07, 6.45) is 2.90. The van der Waals surface area contributed by atoms with Gasteiger partial charge in [0.15, 0.2) is 0 Å². The van der Waals surface area contributed by atoms with Crippen molar-refractivity contribution in [3.05, 3.63) is 29.8 Å². The van der Waals surface area contributed by atoms with E-state index in [2.05, 4.69) is 5.32 Å². The maximum absolute atomic E-state index is 12.3. The molecule has 104 valence electrons. The van der Waals surface area contributed by atoms with Crippen LogP contribution < -0.4 is 10.1 Å². The summed E-state index contributed by atoms with van der Waals surface area (Å²) in [5.41, 5.74) is 0.328. The van der Waals surface area contributed by atoms with Gasteiger partial charge in [-0.3, -0.25) is 4.79 Å². The Hall–Kier alpha value is -1.55. The number of nitrogens with one attached hydrogen (secondary N) is 1. The highest BCUT2D eigenvalue weighted by atomic mass is 16.5. The first-order chi connectivity index (χ1) is 9.10. The topological polar surface area (TPSA) is 58.6 Å². The fraction of sp³-hybridized carbons (Fsp3) is 0.533. The standard InChI is InChI=1S/C15H21NO3/c1-15(10-17)9-5-8-13(15)16-14(18)11-6-3-4-7-12(11)19-2/h3-4,6-7,13,17H,5,8-10H2,1-2H3,(H,16,18). The lowest BCUT2D eigenvalue weighted by Gasteiger charge is -2.30. The lowest BCUT2D eigenvalue weighted by Crippen LogP contribution is -2.44. The third-order valence-electron chi connectivity index (χ3n) is 4.10. The van der Waals surface area contributed by atoms with Gasteiger partial charge >= 0.3 is 0 Å². The largest absolute Gasteiger partial charge is 0.496 e. The predicted octanol–water partition coefficient (Wildman–Crippen LogP) is 1.98. The van der Waals surface area contributed by atoms with Crippen molar-refractivity contribution in [2.24, 2.45) is 5.41 Å². The van der Waals surface area contributed by atoms with E-state index in [1.165, 1.54) is 0 Å². The number of ether oxygens (including phenoxy) is 1. The Kier molecular flexibility index (Phi) is 4.10. The predicted molar refractivity (Wildman–Crippen MR) is 73.3 cm³/mol. The summed E-state index contributed by atoms with van der Waals surface area (Å²) < 4.78 is 5.20. The number of carbonyl (C=O) groups is 1. The number of benzene rings is 1. The first kappa shape index (κ1) is 13.9. The number of aliphatic hydroxyl groups excluding tert-OH is 1. The first-order valence-corrected chi connectivity index (χ1v) is 6.65. The van der Waals surface area contributed by atoms with Gasteiger partial charge in [-0.1, -0.05) is 25.5 Å². The van der Waals surface area contributed by atoms with Crippen LogP contribution in [0, 0.1) is 5.41 Å². The third-order valence-corrected chi connectivity index (χ3v) is 4.10. The van der Waals surface area contributed by atoms with E-state index in [0.29, 0.717) is 11.3 Å². The molecular formula is C15H21NO3. The fourth-order valence-electron chi connectivity index (χ4n) is 2.74. The van der Waals surface area contributed by atoms with Gasteiger partial charge in [0.25, 0.3) is 5.91 Å². The lowest BCUT2D eigenvalue weighted by molar-refractivity contribution is 0.0828. The van der Waals surface area contributed by atoms with Crippen molar-refractivity contribution < 1.29 is 14.6 Å². The van der Waals surface area contributed by atoms with E-state index in [0.717, 1.165) is 19.3 Å². The van der Waals surface area contributed by atoms with Crippen LogP contribution in [0.3, 0.4) is 0 Å². The van der Waals surface area contributed by atoms with Gasteiger partial charge < -0.3 is 15.2 Å². The van der Waals surface area contributed by atoms with Crippen LogP contribution >= 0.6 is 0 Å². The molecule has 1 aliphatic rings. The molecule has 0 radical (unpaired) electrons. The lowest BCUT2D eigenvalue weighted by atomic mass is 9.85. The van der Waals surface area contributed by atoms with E-state index in [9.17, 15) is 9.90 Å². The molecule has 0 spiro atoms. The van der Waals surface area contributed by atoms with Gasteiger partial charge in [0.05, 0.1) is 19.3 Å². The molecule has 4 heteroatoms. The van der Waals surface area contributed by atoms with E-state index in [1.54, 1.807) is 19.2 Å². The molecule has 1 aromatic rings. The van der Waals surface area contributed by atoms with Gasteiger partial charge in [-0.15, -0.1) is 0 Å². The Labute approximate surface area is 113 Å². The molecule has 1 aliphatic carbocycles. The maximum Gasteiger partial charge on any atom is 0.255 e. The van der Waals surface area contributed by atoms with Crippen LogP contribution in [0.15, 0.2) is 24.3 Å². The second-order valence-electron chi connectivity index (χ2n) is 5.43. The second kappa shape index (κ2) is 5.61. The summed E-state index contributed by atoms with van der Waals surface area (Å²) in [7, 11) is 1.56. The van der Waals surface area contributed by atoms with Crippen LogP contribution in [-0.2, 0) is 0 Å². The highest BCUT2D eigenvalue weighted by Gasteiger charge is 2.39. The van der Waals surface area contributed by atoms with Gasteiger partial charge in [-0.05, 0) is 25.0 Å². The molecule has 2 atom stereocenters. The second-order valence-corrected chi connectivity index (χ2v) is 5.43. The minimum absolute atomic E-state index is 0.0231. The molecular weight excluding hydrogens is 242 g/mol. The molecule has 2 rings (SSSR count). The Balaban J connectivity index is 2.13. The van der Waals surface area contributed by atoms with Gasteiger partial charge in [0.1, 0.15) is 5.75 Å². The zero-order valence-electron chi connectivity index (χ0n) is 11.5. The molecule has 1 amide bonds. The van der Waals surface area contributed by atoms with Crippen molar-refractivity contribution in [2.45, 2.75) is 32.2 Å². The normalized spacial score (nSPS) is 26.2. The van der Waals surface area contributed by atoms with E-state index in [4.69, 9.17) is 4.74 Å². The summed E-state index contributed by atoms with van der Waals surface area (Å²) in [5, 5.41) is 12.5. The van der Waals surface area contributed by atoms with Crippen LogP contribution in [0.2, 0.25) is 0 Å². The number of aliphatic hydroxyl groups is 1. The number of amides is 1. The smallest absolute Gasteiger partial charge is 0.255 e. The molecule has 4 nitrogen and oxygen atoms in total. The van der Waals surface area contributed by atoms with E-state index in [1.807, 2.05) is 19.1 Å². The van der Waals surface area contributed by atoms with Gasteiger partial charge in [-0.25, -0.2) is 0 Å². The van der Waals surface area contributed by atoms with Crippen LogP contribution in [-0.4, -0.2) is 30.8 Å². The van der Waals surface area contributed by atoms with Gasteiger partial charge in [0, 0.05) is 11.5 Å². The molecule has 0 heterocycles. The van der Waals surface area contributed by atoms with E-state index < -0.39 is 0 Å². The highest BCUT2D eigenvalue weighted by molar-refractivity contribution is 5.97. The highest BCUT2D eigenvalue weighted by Crippen LogP contribution is 2.37. The quantitative estimate of drug-likeness (QED) is 0.873. The van der Waals surface area contributed by atoms with Gasteiger partial charge in [0.2, 0.25) is 0 Å². The van der Waals surface area contributed by atoms with Crippen molar-refractivity contribution in [2.75, 3.05) is 13.7 Å². The van der Waals surface area contributed by atoms with Gasteiger partial charge in [-0.2, -0.15) is 0 Å². The van der Waals surface area contributed by atoms with Crippen molar-refractivity contribution in [3.63, 3.8) is 0 Å². The van der Waals surface area contributed by atoms with Crippen molar-refractivity contribution in [3.8, 4) is 5.75 Å². The summed E-state index contributed by atoms with van der Waals surface area (Å²) in [4.78, 5) is 12.3.